The Balaban J connectivity index is 1.31. The molecule has 3 aromatic rings. The number of halogens is 1. The predicted molar refractivity (Wildman–Crippen MR) is 104 cm³/mol. The Kier molecular flexibility index (Phi) is 3.53. The minimum atomic E-state index is -3.36. The van der Waals surface area contributed by atoms with Crippen molar-refractivity contribution >= 4 is 38.4 Å². The number of benzene rings is 2. The summed E-state index contributed by atoms with van der Waals surface area (Å²) in [6, 6.07) is 11.5. The average molecular weight is 417 g/mol. The van der Waals surface area contributed by atoms with E-state index in [1.807, 2.05) is 6.07 Å². The zero-order valence-corrected chi connectivity index (χ0v) is 16.6. The molecule has 1 heterocycles. The van der Waals surface area contributed by atoms with E-state index < -0.39 is 9.84 Å². The van der Waals surface area contributed by atoms with E-state index in [4.69, 9.17) is 16.0 Å². The third kappa shape index (κ3) is 2.64. The Morgan fingerprint density at radius 2 is 1.93 bits per heavy atom. The molecule has 2 aromatic carbocycles. The number of oxazole rings is 1. The lowest BCUT2D eigenvalue weighted by atomic mass is 9.39. The first-order valence-electron chi connectivity index (χ1n) is 8.87. The molecule has 0 radical (unpaired) electrons. The number of carbonyl (C=O) groups excluding carboxylic acids is 1. The van der Waals surface area contributed by atoms with Crippen LogP contribution in [0.25, 0.3) is 11.1 Å². The summed E-state index contributed by atoms with van der Waals surface area (Å²) in [5, 5.41) is 3.68. The molecule has 0 spiro atoms. The molecule has 0 aliphatic heterocycles. The van der Waals surface area contributed by atoms with E-state index in [1.165, 1.54) is 12.1 Å². The van der Waals surface area contributed by atoms with E-state index in [9.17, 15) is 13.2 Å². The Morgan fingerprint density at radius 1 is 1.18 bits per heavy atom. The number of rotatable bonds is 4. The van der Waals surface area contributed by atoms with E-state index in [0.29, 0.717) is 22.1 Å². The highest BCUT2D eigenvalue weighted by atomic mass is 35.5. The van der Waals surface area contributed by atoms with Gasteiger partial charge in [0.25, 0.3) is 5.91 Å². The molecule has 2 bridgehead atoms. The van der Waals surface area contributed by atoms with E-state index >= 15 is 0 Å². The monoisotopic (exact) mass is 416 g/mol. The van der Waals surface area contributed by atoms with Crippen molar-refractivity contribution in [2.75, 3.05) is 6.26 Å². The third-order valence-electron chi connectivity index (χ3n) is 5.74. The lowest BCUT2D eigenvalue weighted by Crippen LogP contribution is -2.76. The first-order chi connectivity index (χ1) is 13.2. The number of hydrogen-bond donors (Lipinski definition) is 1. The van der Waals surface area contributed by atoms with Crippen molar-refractivity contribution in [2.24, 2.45) is 0 Å². The van der Waals surface area contributed by atoms with Gasteiger partial charge in [-0.05, 0) is 55.7 Å². The van der Waals surface area contributed by atoms with Gasteiger partial charge in [-0.15, -0.1) is 0 Å². The van der Waals surface area contributed by atoms with Crippen LogP contribution in [0.15, 0.2) is 51.8 Å². The predicted octanol–water partition coefficient (Wildman–Crippen LogP) is 3.49. The summed E-state index contributed by atoms with van der Waals surface area (Å²) in [5.41, 5.74) is 1.39. The van der Waals surface area contributed by atoms with Crippen molar-refractivity contribution in [3.8, 4) is 0 Å². The van der Waals surface area contributed by atoms with E-state index in [0.717, 1.165) is 31.0 Å². The van der Waals surface area contributed by atoms with Crippen LogP contribution in [-0.2, 0) is 15.3 Å². The molecule has 1 aromatic heterocycles. The van der Waals surface area contributed by atoms with E-state index in [2.05, 4.69) is 10.3 Å². The van der Waals surface area contributed by atoms with E-state index in [1.54, 1.807) is 24.3 Å². The molecule has 28 heavy (non-hydrogen) atoms. The number of hydrogen-bond acceptors (Lipinski definition) is 5. The van der Waals surface area contributed by atoms with Gasteiger partial charge in [-0.2, -0.15) is 0 Å². The Bertz CT molecular complexity index is 1230. The van der Waals surface area contributed by atoms with Gasteiger partial charge in [-0.1, -0.05) is 17.7 Å². The number of nitrogens with one attached hydrogen (secondary N) is 1. The molecule has 6 rings (SSSR count). The van der Waals surface area contributed by atoms with Crippen LogP contribution < -0.4 is 5.32 Å². The highest BCUT2D eigenvalue weighted by Crippen LogP contribution is 2.67. The summed E-state index contributed by atoms with van der Waals surface area (Å²) in [5.74, 6) is 0.433. The zero-order chi connectivity index (χ0) is 19.7. The Hall–Kier alpha value is -2.38. The molecule has 1 amide bonds. The van der Waals surface area contributed by atoms with Gasteiger partial charge < -0.3 is 9.73 Å². The van der Waals surface area contributed by atoms with Gasteiger partial charge in [0.2, 0.25) is 5.89 Å². The highest BCUT2D eigenvalue weighted by molar-refractivity contribution is 7.90. The van der Waals surface area contributed by atoms with Gasteiger partial charge in [-0.25, -0.2) is 13.4 Å². The number of sulfone groups is 1. The molecule has 144 valence electrons. The lowest BCUT2D eigenvalue weighted by molar-refractivity contribution is -0.0955. The second-order valence-electron chi connectivity index (χ2n) is 7.98. The summed E-state index contributed by atoms with van der Waals surface area (Å²) in [6.45, 7) is 0. The maximum Gasteiger partial charge on any atom is 0.251 e. The highest BCUT2D eigenvalue weighted by Gasteiger charge is 2.71. The maximum atomic E-state index is 12.6. The van der Waals surface area contributed by atoms with Crippen LogP contribution in [-0.4, -0.2) is 31.1 Å². The molecule has 1 N–H and O–H groups in total. The molecule has 8 heteroatoms. The van der Waals surface area contributed by atoms with Crippen LogP contribution in [0.2, 0.25) is 5.02 Å². The van der Waals surface area contributed by atoms with Crippen LogP contribution in [0.1, 0.15) is 35.5 Å². The van der Waals surface area contributed by atoms with Crippen molar-refractivity contribution in [1.29, 1.82) is 0 Å². The zero-order valence-electron chi connectivity index (χ0n) is 15.0. The SMILES string of the molecule is CS(=O)(=O)c1cccc(C(=O)NC23CC(c4nc5cc(Cl)ccc5o4)(C2)C3)c1. The number of carbonyl (C=O) groups is 1. The molecular formula is C20H17ClN2O4S. The second-order valence-corrected chi connectivity index (χ2v) is 10.4. The molecule has 0 unspecified atom stereocenters. The van der Waals surface area contributed by atoms with Crippen molar-refractivity contribution in [3.63, 3.8) is 0 Å². The number of aromatic nitrogens is 1. The van der Waals surface area contributed by atoms with Crippen molar-refractivity contribution in [2.45, 2.75) is 35.1 Å². The fraction of sp³-hybridized carbons (Fsp3) is 0.300. The molecule has 0 atom stereocenters. The normalized spacial score (nSPS) is 25.8. The molecule has 0 saturated heterocycles. The minimum Gasteiger partial charge on any atom is -0.440 e. The largest absolute Gasteiger partial charge is 0.440 e. The van der Waals surface area contributed by atoms with Gasteiger partial charge in [0, 0.05) is 22.4 Å². The molecular weight excluding hydrogens is 400 g/mol. The number of nitrogens with zero attached hydrogens (tertiary/aromatic N) is 1. The smallest absolute Gasteiger partial charge is 0.251 e. The average Bonchev–Trinajstić information content (AvgIpc) is 2.98. The van der Waals surface area contributed by atoms with Gasteiger partial charge in [0.05, 0.1) is 10.3 Å². The number of amides is 1. The third-order valence-corrected chi connectivity index (χ3v) is 7.08. The van der Waals surface area contributed by atoms with E-state index in [-0.39, 0.29) is 21.8 Å². The van der Waals surface area contributed by atoms with Crippen molar-refractivity contribution in [1.82, 2.24) is 10.3 Å². The maximum absolute atomic E-state index is 12.6. The molecule has 3 aliphatic carbocycles. The van der Waals surface area contributed by atoms with Gasteiger partial charge in [0.15, 0.2) is 15.4 Å². The fourth-order valence-corrected chi connectivity index (χ4v) is 5.29. The fourth-order valence-electron chi connectivity index (χ4n) is 4.46. The molecule has 3 saturated carbocycles. The molecule has 3 fully saturated rings. The Labute approximate surface area is 166 Å². The first-order valence-corrected chi connectivity index (χ1v) is 11.1. The van der Waals surface area contributed by atoms with Crippen LogP contribution in [0.5, 0.6) is 0 Å². The molecule has 6 nitrogen and oxygen atoms in total. The first kappa shape index (κ1) is 17.7. The number of fused-ring (bicyclic) bond motifs is 1. The summed E-state index contributed by atoms with van der Waals surface area (Å²) < 4.78 is 29.3. The quantitative estimate of drug-likeness (QED) is 0.703. The van der Waals surface area contributed by atoms with Crippen molar-refractivity contribution < 1.29 is 17.6 Å². The standard InChI is InChI=1S/C20H17ClN2O4S/c1-28(25,26)14-4-2-3-12(7-14)17(24)23-20-9-19(10-20,11-20)18-22-15-8-13(21)5-6-16(15)27-18/h2-8H,9-11H2,1H3,(H,23,24). The second kappa shape index (κ2) is 5.58. The summed E-state index contributed by atoms with van der Waals surface area (Å²) >= 11 is 6.01. The summed E-state index contributed by atoms with van der Waals surface area (Å²) in [7, 11) is -3.36. The topological polar surface area (TPSA) is 89.3 Å². The van der Waals surface area contributed by atoms with Crippen LogP contribution in [0.3, 0.4) is 0 Å². The van der Waals surface area contributed by atoms with Gasteiger partial charge in [-0.3, -0.25) is 4.79 Å². The Morgan fingerprint density at radius 3 is 2.64 bits per heavy atom. The summed E-state index contributed by atoms with van der Waals surface area (Å²) in [4.78, 5) is 17.3. The minimum absolute atomic E-state index is 0.132. The van der Waals surface area contributed by atoms with Crippen LogP contribution >= 0.6 is 11.6 Å². The summed E-state index contributed by atoms with van der Waals surface area (Å²) in [6.07, 6.45) is 3.41. The van der Waals surface area contributed by atoms with Crippen LogP contribution in [0.4, 0.5) is 0 Å². The molecule has 3 aliphatic rings. The van der Waals surface area contributed by atoms with Gasteiger partial charge in [0.1, 0.15) is 5.52 Å². The van der Waals surface area contributed by atoms with Gasteiger partial charge >= 0.3 is 0 Å². The lowest BCUT2D eigenvalue weighted by Gasteiger charge is -2.68. The van der Waals surface area contributed by atoms with Crippen LogP contribution in [0, 0.1) is 0 Å². The van der Waals surface area contributed by atoms with Crippen molar-refractivity contribution in [3.05, 3.63) is 58.9 Å².